The first-order valence-electron chi connectivity index (χ1n) is 8.79. The van der Waals surface area contributed by atoms with Gasteiger partial charge in [-0.2, -0.15) is 0 Å². The van der Waals surface area contributed by atoms with Gasteiger partial charge >= 0.3 is 5.97 Å². The Morgan fingerprint density at radius 3 is 2.26 bits per heavy atom. The summed E-state index contributed by atoms with van der Waals surface area (Å²) in [6.07, 6.45) is 0. The van der Waals surface area contributed by atoms with Crippen LogP contribution in [0.1, 0.15) is 36.8 Å². The van der Waals surface area contributed by atoms with Gasteiger partial charge in [0.25, 0.3) is 0 Å². The van der Waals surface area contributed by atoms with E-state index in [9.17, 15) is 9.90 Å². The summed E-state index contributed by atoms with van der Waals surface area (Å²) in [5.41, 5.74) is 3.54. The number of carboxylic acids is 1. The quantitative estimate of drug-likeness (QED) is 0.700. The number of oxazole rings is 1. The fourth-order valence-corrected chi connectivity index (χ4v) is 2.82. The molecule has 0 aliphatic carbocycles. The highest BCUT2D eigenvalue weighted by atomic mass is 16.4. The van der Waals surface area contributed by atoms with Crippen LogP contribution in [-0.2, 0) is 5.41 Å². The Morgan fingerprint density at radius 1 is 1.04 bits per heavy atom. The van der Waals surface area contributed by atoms with Gasteiger partial charge in [0.05, 0.1) is 0 Å². The maximum absolute atomic E-state index is 11.7. The average Bonchev–Trinajstić information content (AvgIpc) is 3.07. The minimum absolute atomic E-state index is 0.0408. The van der Waals surface area contributed by atoms with Gasteiger partial charge in [-0.15, -0.1) is 0 Å². The molecular formula is C22H24N2O3. The van der Waals surface area contributed by atoms with Crippen molar-refractivity contribution in [1.82, 2.24) is 4.98 Å². The third-order valence-corrected chi connectivity index (χ3v) is 4.45. The van der Waals surface area contributed by atoms with Crippen LogP contribution < -0.4 is 4.90 Å². The molecule has 0 bridgehead atoms. The largest absolute Gasteiger partial charge is 0.476 e. The first-order valence-corrected chi connectivity index (χ1v) is 8.79. The van der Waals surface area contributed by atoms with Crippen LogP contribution in [0.2, 0.25) is 0 Å². The molecule has 0 amide bonds. The maximum Gasteiger partial charge on any atom is 0.358 e. The minimum Gasteiger partial charge on any atom is -0.476 e. The Morgan fingerprint density at radius 2 is 1.70 bits per heavy atom. The molecule has 3 rings (SSSR count). The number of anilines is 1. The van der Waals surface area contributed by atoms with Crippen LogP contribution in [0.5, 0.6) is 0 Å². The van der Waals surface area contributed by atoms with Crippen molar-refractivity contribution in [2.45, 2.75) is 26.2 Å². The molecule has 0 radical (unpaired) electrons. The molecule has 140 valence electrons. The average molecular weight is 364 g/mol. The maximum atomic E-state index is 11.7. The molecule has 0 saturated carbocycles. The summed E-state index contributed by atoms with van der Waals surface area (Å²) in [4.78, 5) is 17.9. The monoisotopic (exact) mass is 364 g/mol. The number of carboxylic acid groups (broad SMARTS) is 1. The van der Waals surface area contributed by atoms with Crippen molar-refractivity contribution in [3.63, 3.8) is 0 Å². The molecule has 3 aromatic rings. The lowest BCUT2D eigenvalue weighted by molar-refractivity contribution is 0.0691. The lowest BCUT2D eigenvalue weighted by atomic mass is 9.87. The molecule has 0 aliphatic rings. The van der Waals surface area contributed by atoms with Gasteiger partial charge in [0.2, 0.25) is 5.89 Å². The Hall–Kier alpha value is -3.08. The standard InChI is InChI=1S/C22H24N2O3/c1-22(2,3)16-11-9-14(10-12-16)20-23-18(21(25)26)19(27-20)15-7-6-8-17(13-15)24(4)5/h6-13H,1-5H3,(H,25,26). The lowest BCUT2D eigenvalue weighted by Crippen LogP contribution is -2.10. The van der Waals surface area contributed by atoms with Gasteiger partial charge in [0.1, 0.15) is 0 Å². The number of aromatic nitrogens is 1. The summed E-state index contributed by atoms with van der Waals surface area (Å²) >= 11 is 0. The summed E-state index contributed by atoms with van der Waals surface area (Å²) in [5.74, 6) is -0.541. The summed E-state index contributed by atoms with van der Waals surface area (Å²) in [6.45, 7) is 6.43. The van der Waals surface area contributed by atoms with Crippen molar-refractivity contribution >= 4 is 11.7 Å². The molecule has 5 heteroatoms. The third kappa shape index (κ3) is 3.87. The Labute approximate surface area is 159 Å². The van der Waals surface area contributed by atoms with E-state index in [1.54, 1.807) is 0 Å². The summed E-state index contributed by atoms with van der Waals surface area (Å²) in [5, 5.41) is 9.58. The van der Waals surface area contributed by atoms with Crippen LogP contribution in [0.3, 0.4) is 0 Å². The van der Waals surface area contributed by atoms with Crippen LogP contribution in [0.4, 0.5) is 5.69 Å². The Kier molecular flexibility index (Phi) is 4.79. The van der Waals surface area contributed by atoms with E-state index in [4.69, 9.17) is 4.42 Å². The number of aromatic carboxylic acids is 1. The fraction of sp³-hybridized carbons (Fsp3) is 0.273. The number of nitrogens with zero attached hydrogens (tertiary/aromatic N) is 2. The van der Waals surface area contributed by atoms with Gasteiger partial charge in [0.15, 0.2) is 11.5 Å². The van der Waals surface area contributed by atoms with E-state index in [0.717, 1.165) is 11.3 Å². The zero-order chi connectivity index (χ0) is 19.8. The zero-order valence-corrected chi connectivity index (χ0v) is 16.3. The molecule has 0 spiro atoms. The topological polar surface area (TPSA) is 66.6 Å². The van der Waals surface area contributed by atoms with Gasteiger partial charge < -0.3 is 14.4 Å². The minimum atomic E-state index is -1.11. The lowest BCUT2D eigenvalue weighted by Gasteiger charge is -2.18. The van der Waals surface area contributed by atoms with E-state index in [1.807, 2.05) is 67.5 Å². The van der Waals surface area contributed by atoms with Crippen LogP contribution in [0, 0.1) is 0 Å². The Balaban J connectivity index is 2.06. The summed E-state index contributed by atoms with van der Waals surface area (Å²) < 4.78 is 5.90. The van der Waals surface area contributed by atoms with Crippen LogP contribution >= 0.6 is 0 Å². The number of hydrogen-bond acceptors (Lipinski definition) is 4. The van der Waals surface area contributed by atoms with Crippen molar-refractivity contribution in [2.24, 2.45) is 0 Å². The van der Waals surface area contributed by atoms with Crippen molar-refractivity contribution in [3.8, 4) is 22.8 Å². The molecule has 0 fully saturated rings. The summed E-state index contributed by atoms with van der Waals surface area (Å²) in [7, 11) is 3.86. The highest BCUT2D eigenvalue weighted by Gasteiger charge is 2.22. The van der Waals surface area contributed by atoms with Crippen LogP contribution in [0.15, 0.2) is 52.9 Å². The van der Waals surface area contributed by atoms with Gasteiger partial charge in [-0.05, 0) is 35.2 Å². The second kappa shape index (κ2) is 6.91. The van der Waals surface area contributed by atoms with Crippen molar-refractivity contribution in [2.75, 3.05) is 19.0 Å². The molecule has 1 aromatic heterocycles. The Bertz CT molecular complexity index is 964. The zero-order valence-electron chi connectivity index (χ0n) is 16.3. The molecule has 27 heavy (non-hydrogen) atoms. The predicted molar refractivity (Wildman–Crippen MR) is 107 cm³/mol. The SMILES string of the molecule is CN(C)c1cccc(-c2oc(-c3ccc(C(C)(C)C)cc3)nc2C(=O)O)c1. The van der Waals surface area contributed by atoms with Crippen molar-refractivity contribution < 1.29 is 14.3 Å². The van der Waals surface area contributed by atoms with E-state index in [0.29, 0.717) is 11.5 Å². The normalized spacial score (nSPS) is 11.4. The van der Waals surface area contributed by atoms with Crippen LogP contribution in [0.25, 0.3) is 22.8 Å². The van der Waals surface area contributed by atoms with E-state index in [1.165, 1.54) is 5.56 Å². The molecule has 0 saturated heterocycles. The number of carbonyl (C=O) groups is 1. The smallest absolute Gasteiger partial charge is 0.358 e. The molecule has 0 atom stereocenters. The van der Waals surface area contributed by atoms with Gasteiger partial charge in [-0.1, -0.05) is 45.0 Å². The third-order valence-electron chi connectivity index (χ3n) is 4.45. The molecule has 1 N–H and O–H groups in total. The van der Waals surface area contributed by atoms with Crippen molar-refractivity contribution in [1.29, 1.82) is 0 Å². The highest BCUT2D eigenvalue weighted by molar-refractivity contribution is 5.93. The van der Waals surface area contributed by atoms with E-state index in [-0.39, 0.29) is 16.9 Å². The van der Waals surface area contributed by atoms with Crippen LogP contribution in [-0.4, -0.2) is 30.2 Å². The number of benzene rings is 2. The summed E-state index contributed by atoms with van der Waals surface area (Å²) in [6, 6.07) is 15.4. The van der Waals surface area contributed by atoms with Gasteiger partial charge in [0, 0.05) is 30.9 Å². The van der Waals surface area contributed by atoms with Crippen molar-refractivity contribution in [3.05, 3.63) is 59.8 Å². The van der Waals surface area contributed by atoms with E-state index < -0.39 is 5.97 Å². The van der Waals surface area contributed by atoms with Gasteiger partial charge in [-0.3, -0.25) is 0 Å². The highest BCUT2D eigenvalue weighted by Crippen LogP contribution is 2.32. The van der Waals surface area contributed by atoms with Gasteiger partial charge in [-0.25, -0.2) is 9.78 Å². The van der Waals surface area contributed by atoms with E-state index in [2.05, 4.69) is 25.8 Å². The number of rotatable bonds is 4. The molecule has 0 unspecified atom stereocenters. The fourth-order valence-electron chi connectivity index (χ4n) is 2.82. The second-order valence-corrected chi connectivity index (χ2v) is 7.77. The number of hydrogen-bond donors (Lipinski definition) is 1. The van der Waals surface area contributed by atoms with E-state index >= 15 is 0 Å². The molecular weight excluding hydrogens is 340 g/mol. The first kappa shape index (κ1) is 18.7. The molecule has 0 aliphatic heterocycles. The molecule has 1 heterocycles. The molecule has 5 nitrogen and oxygen atoms in total. The first-order chi connectivity index (χ1) is 12.7. The predicted octanol–water partition coefficient (Wildman–Crippen LogP) is 5.07. The second-order valence-electron chi connectivity index (χ2n) is 7.77. The molecule has 2 aromatic carbocycles.